The van der Waals surface area contributed by atoms with Gasteiger partial charge >= 0.3 is 0 Å². The van der Waals surface area contributed by atoms with E-state index in [1.54, 1.807) is 18.5 Å². The van der Waals surface area contributed by atoms with Crippen LogP contribution in [0.15, 0.2) is 53.7 Å². The molecule has 104 valence electrons. The molecule has 0 N–H and O–H groups in total. The van der Waals surface area contributed by atoms with Gasteiger partial charge in [-0.05, 0) is 48.0 Å². The van der Waals surface area contributed by atoms with Crippen LogP contribution in [-0.4, -0.2) is 15.2 Å². The number of rotatable bonds is 2. The fourth-order valence-electron chi connectivity index (χ4n) is 1.89. The zero-order chi connectivity index (χ0) is 14.8. The van der Waals surface area contributed by atoms with E-state index in [1.807, 2.05) is 12.1 Å². The van der Waals surface area contributed by atoms with E-state index >= 15 is 0 Å². The molecule has 1 aliphatic rings. The van der Waals surface area contributed by atoms with Gasteiger partial charge in [-0.15, -0.1) is 0 Å². The third-order valence-electron chi connectivity index (χ3n) is 2.88. The quantitative estimate of drug-likeness (QED) is 0.626. The molecule has 1 aromatic carbocycles. The lowest BCUT2D eigenvalue weighted by molar-refractivity contribution is -0.113. The summed E-state index contributed by atoms with van der Waals surface area (Å²) in [6.45, 7) is 0. The van der Waals surface area contributed by atoms with Crippen molar-refractivity contribution < 1.29 is 9.18 Å². The van der Waals surface area contributed by atoms with Crippen molar-refractivity contribution >= 4 is 46.0 Å². The Hall–Kier alpha value is -2.05. The van der Waals surface area contributed by atoms with Gasteiger partial charge < -0.3 is 0 Å². The number of thiocarbonyl (C=S) groups is 1. The van der Waals surface area contributed by atoms with Gasteiger partial charge in [-0.1, -0.05) is 24.0 Å². The number of anilines is 1. The molecule has 0 radical (unpaired) electrons. The highest BCUT2D eigenvalue weighted by molar-refractivity contribution is 8.27. The van der Waals surface area contributed by atoms with Crippen LogP contribution in [0.25, 0.3) is 6.08 Å². The third kappa shape index (κ3) is 2.86. The van der Waals surface area contributed by atoms with E-state index < -0.39 is 0 Å². The summed E-state index contributed by atoms with van der Waals surface area (Å²) in [7, 11) is 0. The lowest BCUT2D eigenvalue weighted by Gasteiger charge is -2.14. The molecule has 1 amide bonds. The summed E-state index contributed by atoms with van der Waals surface area (Å²) in [6, 6.07) is 9.31. The Morgan fingerprint density at radius 2 is 1.81 bits per heavy atom. The molecule has 0 atom stereocenters. The number of thioether (sulfide) groups is 1. The Kier molecular flexibility index (Phi) is 3.81. The smallest absolute Gasteiger partial charge is 0.268 e. The highest BCUT2D eigenvalue weighted by Gasteiger charge is 2.33. The normalized spacial score (nSPS) is 16.8. The molecule has 2 aromatic rings. The molecule has 0 bridgehead atoms. The van der Waals surface area contributed by atoms with Crippen molar-refractivity contribution in [2.45, 2.75) is 0 Å². The molecule has 3 nitrogen and oxygen atoms in total. The van der Waals surface area contributed by atoms with Crippen LogP contribution in [0.2, 0.25) is 0 Å². The Morgan fingerprint density at radius 3 is 2.48 bits per heavy atom. The maximum Gasteiger partial charge on any atom is 0.270 e. The van der Waals surface area contributed by atoms with E-state index in [0.717, 1.165) is 5.56 Å². The van der Waals surface area contributed by atoms with E-state index in [4.69, 9.17) is 12.2 Å². The number of nitrogens with zero attached hydrogens (tertiary/aromatic N) is 2. The molecular weight excluding hydrogens is 307 g/mol. The first kappa shape index (κ1) is 13.9. The minimum atomic E-state index is -0.350. The summed E-state index contributed by atoms with van der Waals surface area (Å²) in [6.07, 6.45) is 5.09. The second-order valence-corrected chi connectivity index (χ2v) is 5.95. The van der Waals surface area contributed by atoms with Crippen molar-refractivity contribution in [2.24, 2.45) is 0 Å². The Labute approximate surface area is 130 Å². The average Bonchev–Trinajstić information content (AvgIpc) is 2.76. The molecule has 21 heavy (non-hydrogen) atoms. The maximum absolute atomic E-state index is 13.0. The van der Waals surface area contributed by atoms with E-state index in [0.29, 0.717) is 14.9 Å². The minimum Gasteiger partial charge on any atom is -0.268 e. The minimum absolute atomic E-state index is 0.201. The third-order valence-corrected chi connectivity index (χ3v) is 4.18. The van der Waals surface area contributed by atoms with Crippen LogP contribution >= 0.6 is 24.0 Å². The van der Waals surface area contributed by atoms with Gasteiger partial charge in [0, 0.05) is 12.4 Å². The highest BCUT2D eigenvalue weighted by atomic mass is 32.2. The predicted octanol–water partition coefficient (Wildman–Crippen LogP) is 3.63. The van der Waals surface area contributed by atoms with Crippen LogP contribution in [0.1, 0.15) is 5.56 Å². The molecule has 0 unspecified atom stereocenters. The molecule has 6 heteroatoms. The molecule has 1 aliphatic heterocycles. The van der Waals surface area contributed by atoms with E-state index in [2.05, 4.69) is 4.98 Å². The first-order valence-electron chi connectivity index (χ1n) is 6.09. The van der Waals surface area contributed by atoms with E-state index in [-0.39, 0.29) is 11.7 Å². The van der Waals surface area contributed by atoms with Crippen molar-refractivity contribution in [2.75, 3.05) is 4.90 Å². The van der Waals surface area contributed by atoms with Gasteiger partial charge in [-0.25, -0.2) is 4.39 Å². The molecule has 1 saturated heterocycles. The predicted molar refractivity (Wildman–Crippen MR) is 86.3 cm³/mol. The number of hydrogen-bond acceptors (Lipinski definition) is 4. The monoisotopic (exact) mass is 316 g/mol. The second kappa shape index (κ2) is 5.75. The molecule has 2 heterocycles. The van der Waals surface area contributed by atoms with Crippen molar-refractivity contribution in [3.8, 4) is 0 Å². The number of benzene rings is 1. The van der Waals surface area contributed by atoms with Crippen LogP contribution in [0.3, 0.4) is 0 Å². The summed E-state index contributed by atoms with van der Waals surface area (Å²) in [5.41, 5.74) is 1.45. The molecule has 0 spiro atoms. The summed E-state index contributed by atoms with van der Waals surface area (Å²) in [4.78, 5) is 18.3. The number of amides is 1. The van der Waals surface area contributed by atoms with Crippen molar-refractivity contribution in [1.29, 1.82) is 0 Å². The molecule has 3 rings (SSSR count). The summed E-state index contributed by atoms with van der Waals surface area (Å²) >= 11 is 6.48. The first-order valence-corrected chi connectivity index (χ1v) is 7.31. The molecule has 0 aliphatic carbocycles. The van der Waals surface area contributed by atoms with Crippen LogP contribution in [0, 0.1) is 5.82 Å². The van der Waals surface area contributed by atoms with Crippen molar-refractivity contribution in [1.82, 2.24) is 4.98 Å². The molecular formula is C15H9FN2OS2. The first-order chi connectivity index (χ1) is 10.1. The standard InChI is InChI=1S/C15H9FN2OS2/c16-11-1-3-12(4-2-11)18-14(19)13(21-15(18)20)9-10-5-7-17-8-6-10/h1-9H. The van der Waals surface area contributed by atoms with Crippen molar-refractivity contribution in [3.63, 3.8) is 0 Å². The van der Waals surface area contributed by atoms with Crippen LogP contribution in [0.5, 0.6) is 0 Å². The summed E-state index contributed by atoms with van der Waals surface area (Å²) < 4.78 is 13.4. The SMILES string of the molecule is O=C1C(=Cc2ccncc2)SC(=S)N1c1ccc(F)cc1. The number of hydrogen-bond donors (Lipinski definition) is 0. The van der Waals surface area contributed by atoms with Gasteiger partial charge in [0.15, 0.2) is 4.32 Å². The maximum atomic E-state index is 13.0. The summed E-state index contributed by atoms with van der Waals surface area (Å²) in [5.74, 6) is -0.551. The molecule has 1 aromatic heterocycles. The van der Waals surface area contributed by atoms with Gasteiger partial charge in [0.25, 0.3) is 5.91 Å². The number of carbonyl (C=O) groups is 1. The molecule has 1 fully saturated rings. The Morgan fingerprint density at radius 1 is 1.14 bits per heavy atom. The van der Waals surface area contributed by atoms with Gasteiger partial charge in [0.2, 0.25) is 0 Å². The van der Waals surface area contributed by atoms with E-state index in [1.165, 1.54) is 40.9 Å². The highest BCUT2D eigenvalue weighted by Crippen LogP contribution is 2.35. The van der Waals surface area contributed by atoms with Crippen LogP contribution in [-0.2, 0) is 4.79 Å². The van der Waals surface area contributed by atoms with Crippen molar-refractivity contribution in [3.05, 3.63) is 65.1 Å². The fourth-order valence-corrected chi connectivity index (χ4v) is 3.19. The molecule has 0 saturated carbocycles. The Bertz CT molecular complexity index is 729. The second-order valence-electron chi connectivity index (χ2n) is 4.27. The van der Waals surface area contributed by atoms with Gasteiger partial charge in [0.1, 0.15) is 5.82 Å². The largest absolute Gasteiger partial charge is 0.270 e. The number of carbonyl (C=O) groups excluding carboxylic acids is 1. The van der Waals surface area contributed by atoms with E-state index in [9.17, 15) is 9.18 Å². The topological polar surface area (TPSA) is 33.2 Å². The van der Waals surface area contributed by atoms with Crippen LogP contribution < -0.4 is 4.90 Å². The number of halogens is 1. The number of pyridine rings is 1. The van der Waals surface area contributed by atoms with Gasteiger partial charge in [0.05, 0.1) is 10.6 Å². The lowest BCUT2D eigenvalue weighted by Crippen LogP contribution is -2.27. The average molecular weight is 316 g/mol. The number of aromatic nitrogens is 1. The van der Waals surface area contributed by atoms with Gasteiger partial charge in [-0.2, -0.15) is 0 Å². The Balaban J connectivity index is 1.92. The lowest BCUT2D eigenvalue weighted by atomic mass is 10.2. The zero-order valence-corrected chi connectivity index (χ0v) is 12.3. The van der Waals surface area contributed by atoms with Crippen LogP contribution in [0.4, 0.5) is 10.1 Å². The zero-order valence-electron chi connectivity index (χ0n) is 10.7. The summed E-state index contributed by atoms with van der Waals surface area (Å²) in [5, 5.41) is 0. The fraction of sp³-hybridized carbons (Fsp3) is 0. The van der Waals surface area contributed by atoms with Gasteiger partial charge in [-0.3, -0.25) is 14.7 Å².